The Morgan fingerprint density at radius 1 is 1.65 bits per heavy atom. The van der Waals surface area contributed by atoms with Gasteiger partial charge in [-0.2, -0.15) is 5.10 Å². The minimum absolute atomic E-state index is 0.0992. The van der Waals surface area contributed by atoms with Crippen LogP contribution in [0.3, 0.4) is 0 Å². The van der Waals surface area contributed by atoms with Gasteiger partial charge in [-0.3, -0.25) is 4.68 Å². The van der Waals surface area contributed by atoms with Gasteiger partial charge >= 0.3 is 0 Å². The summed E-state index contributed by atoms with van der Waals surface area (Å²) in [5, 5.41) is 21.4. The Morgan fingerprint density at radius 2 is 2.29 bits per heavy atom. The van der Waals surface area contributed by atoms with Crippen LogP contribution in [0.4, 0.5) is 5.82 Å². The molecule has 0 saturated heterocycles. The summed E-state index contributed by atoms with van der Waals surface area (Å²) in [6, 6.07) is 0. The first-order valence-corrected chi connectivity index (χ1v) is 6.50. The minimum Gasteiger partial charge on any atom is -0.394 e. The second kappa shape index (κ2) is 5.45. The average molecular weight is 264 g/mol. The maximum Gasteiger partial charge on any atom is 0.245 e. The van der Waals surface area contributed by atoms with E-state index in [2.05, 4.69) is 9.82 Å². The molecule has 1 heterocycles. The Bertz CT molecular complexity index is 470. The van der Waals surface area contributed by atoms with Gasteiger partial charge in [-0.05, 0) is 6.92 Å². The summed E-state index contributed by atoms with van der Waals surface area (Å²) < 4.78 is 27.1. The van der Waals surface area contributed by atoms with Gasteiger partial charge < -0.3 is 15.9 Å². The molecule has 0 radical (unpaired) electrons. The van der Waals surface area contributed by atoms with Gasteiger partial charge in [0.15, 0.2) is 5.82 Å². The maximum atomic E-state index is 11.8. The number of nitrogen functional groups attached to an aromatic ring is 1. The maximum absolute atomic E-state index is 11.8. The van der Waals surface area contributed by atoms with E-state index < -0.39 is 22.7 Å². The zero-order valence-corrected chi connectivity index (χ0v) is 10.2. The van der Waals surface area contributed by atoms with Gasteiger partial charge in [-0.25, -0.2) is 13.1 Å². The first kappa shape index (κ1) is 13.9. The van der Waals surface area contributed by atoms with Crippen LogP contribution >= 0.6 is 0 Å². The molecule has 5 N–H and O–H groups in total. The molecule has 1 unspecified atom stereocenters. The first-order valence-electron chi connectivity index (χ1n) is 5.02. The molecule has 0 aliphatic carbocycles. The van der Waals surface area contributed by atoms with Crippen LogP contribution in [-0.4, -0.2) is 47.7 Å². The van der Waals surface area contributed by atoms with Crippen LogP contribution < -0.4 is 10.5 Å². The third-order valence-electron chi connectivity index (χ3n) is 2.09. The van der Waals surface area contributed by atoms with Gasteiger partial charge in [0, 0.05) is 19.3 Å². The minimum atomic E-state index is -3.81. The number of hydrogen-bond donors (Lipinski definition) is 4. The summed E-state index contributed by atoms with van der Waals surface area (Å²) in [7, 11) is -3.81. The van der Waals surface area contributed by atoms with Crippen molar-refractivity contribution in [3.05, 3.63) is 6.20 Å². The van der Waals surface area contributed by atoms with E-state index in [1.807, 2.05) is 0 Å². The van der Waals surface area contributed by atoms with Crippen molar-refractivity contribution in [3.8, 4) is 0 Å². The van der Waals surface area contributed by atoms with Crippen molar-refractivity contribution in [1.82, 2.24) is 14.5 Å². The SMILES string of the molecule is CCn1cc(S(=O)(=O)NCC(O)CO)c(N)n1. The van der Waals surface area contributed by atoms with Crippen molar-refractivity contribution >= 4 is 15.8 Å². The predicted molar refractivity (Wildman–Crippen MR) is 60.6 cm³/mol. The van der Waals surface area contributed by atoms with Gasteiger partial charge in [0.25, 0.3) is 0 Å². The lowest BCUT2D eigenvalue weighted by molar-refractivity contribution is 0.0988. The number of rotatable bonds is 6. The summed E-state index contributed by atoms with van der Waals surface area (Å²) in [5.41, 5.74) is 5.48. The second-order valence-electron chi connectivity index (χ2n) is 3.42. The standard InChI is InChI=1S/C8H16N4O4S/c1-2-12-4-7(8(9)11-12)17(15,16)10-3-6(14)5-13/h4,6,10,13-14H,2-3,5H2,1H3,(H2,9,11). The molecule has 0 saturated carbocycles. The molecule has 0 aromatic carbocycles. The van der Waals surface area contributed by atoms with Gasteiger partial charge in [-0.15, -0.1) is 0 Å². The highest BCUT2D eigenvalue weighted by atomic mass is 32.2. The molecule has 98 valence electrons. The zero-order chi connectivity index (χ0) is 13.1. The van der Waals surface area contributed by atoms with Crippen LogP contribution in [-0.2, 0) is 16.6 Å². The van der Waals surface area contributed by atoms with E-state index in [9.17, 15) is 8.42 Å². The highest BCUT2D eigenvalue weighted by Gasteiger charge is 2.21. The first-order chi connectivity index (χ1) is 7.90. The lowest BCUT2D eigenvalue weighted by Crippen LogP contribution is -2.34. The second-order valence-corrected chi connectivity index (χ2v) is 5.16. The number of aliphatic hydroxyl groups is 2. The number of anilines is 1. The molecule has 0 fully saturated rings. The Labute approximate surface area is 99.1 Å². The van der Waals surface area contributed by atoms with Crippen molar-refractivity contribution in [2.24, 2.45) is 0 Å². The van der Waals surface area contributed by atoms with E-state index in [1.54, 1.807) is 6.92 Å². The molecule has 8 nitrogen and oxygen atoms in total. The molecule has 0 aliphatic rings. The summed E-state index contributed by atoms with van der Waals surface area (Å²) in [4.78, 5) is -0.135. The number of sulfonamides is 1. The van der Waals surface area contributed by atoms with E-state index in [0.717, 1.165) is 0 Å². The van der Waals surface area contributed by atoms with Gasteiger partial charge in [0.2, 0.25) is 10.0 Å². The Hall–Kier alpha value is -1.16. The van der Waals surface area contributed by atoms with Gasteiger partial charge in [-0.1, -0.05) is 0 Å². The molecule has 0 aliphatic heterocycles. The number of aromatic nitrogens is 2. The van der Waals surface area contributed by atoms with Crippen molar-refractivity contribution in [3.63, 3.8) is 0 Å². The fraction of sp³-hybridized carbons (Fsp3) is 0.625. The van der Waals surface area contributed by atoms with Crippen LogP contribution in [0.1, 0.15) is 6.92 Å². The largest absolute Gasteiger partial charge is 0.394 e. The molecule has 1 rings (SSSR count). The van der Waals surface area contributed by atoms with Crippen LogP contribution in [0.25, 0.3) is 0 Å². The van der Waals surface area contributed by atoms with Gasteiger partial charge in [0.1, 0.15) is 4.90 Å². The van der Waals surface area contributed by atoms with Crippen molar-refractivity contribution in [1.29, 1.82) is 0 Å². The van der Waals surface area contributed by atoms with E-state index >= 15 is 0 Å². The highest BCUT2D eigenvalue weighted by molar-refractivity contribution is 7.89. The smallest absolute Gasteiger partial charge is 0.245 e. The molecule has 0 bridgehead atoms. The van der Waals surface area contributed by atoms with Crippen molar-refractivity contribution in [2.75, 3.05) is 18.9 Å². The molecule has 1 aromatic rings. The third-order valence-corrected chi connectivity index (χ3v) is 3.53. The fourth-order valence-corrected chi connectivity index (χ4v) is 2.28. The number of hydrogen-bond acceptors (Lipinski definition) is 6. The normalized spacial score (nSPS) is 13.8. The number of aliphatic hydroxyl groups excluding tert-OH is 2. The topological polar surface area (TPSA) is 130 Å². The Morgan fingerprint density at radius 3 is 2.76 bits per heavy atom. The van der Waals surface area contributed by atoms with E-state index in [1.165, 1.54) is 10.9 Å². The number of aryl methyl sites for hydroxylation is 1. The highest BCUT2D eigenvalue weighted by Crippen LogP contribution is 2.15. The quantitative estimate of drug-likeness (QED) is 0.475. The number of nitrogens with zero attached hydrogens (tertiary/aromatic N) is 2. The lowest BCUT2D eigenvalue weighted by Gasteiger charge is -2.08. The molecule has 1 atom stereocenters. The van der Waals surface area contributed by atoms with Crippen LogP contribution in [0, 0.1) is 0 Å². The summed E-state index contributed by atoms with van der Waals surface area (Å²) in [6.07, 6.45) is 0.162. The van der Waals surface area contributed by atoms with Crippen LogP contribution in [0.2, 0.25) is 0 Å². The molecule has 9 heteroatoms. The molecule has 1 aromatic heterocycles. The van der Waals surface area contributed by atoms with Gasteiger partial charge in [0.05, 0.1) is 12.7 Å². The Balaban J connectivity index is 2.85. The Kier molecular flexibility index (Phi) is 4.46. The van der Waals surface area contributed by atoms with E-state index in [0.29, 0.717) is 6.54 Å². The predicted octanol–water partition coefficient (Wildman–Crippen LogP) is -1.88. The zero-order valence-electron chi connectivity index (χ0n) is 9.37. The fourth-order valence-electron chi connectivity index (χ4n) is 1.14. The molecule has 17 heavy (non-hydrogen) atoms. The number of nitrogens with two attached hydrogens (primary N) is 1. The molecular weight excluding hydrogens is 248 g/mol. The number of nitrogens with one attached hydrogen (secondary N) is 1. The molecular formula is C8H16N4O4S. The van der Waals surface area contributed by atoms with Crippen molar-refractivity contribution in [2.45, 2.75) is 24.5 Å². The summed E-state index contributed by atoms with van der Waals surface area (Å²) in [6.45, 7) is 1.49. The van der Waals surface area contributed by atoms with E-state index in [-0.39, 0.29) is 17.3 Å². The van der Waals surface area contributed by atoms with Crippen LogP contribution in [0.15, 0.2) is 11.1 Å². The summed E-state index contributed by atoms with van der Waals surface area (Å²) >= 11 is 0. The monoisotopic (exact) mass is 264 g/mol. The van der Waals surface area contributed by atoms with E-state index in [4.69, 9.17) is 15.9 Å². The van der Waals surface area contributed by atoms with Crippen molar-refractivity contribution < 1.29 is 18.6 Å². The van der Waals surface area contributed by atoms with Crippen LogP contribution in [0.5, 0.6) is 0 Å². The average Bonchev–Trinajstić information content (AvgIpc) is 2.68. The molecule has 0 spiro atoms. The third kappa shape index (κ3) is 3.40. The summed E-state index contributed by atoms with van der Waals surface area (Å²) in [5.74, 6) is -0.0992. The lowest BCUT2D eigenvalue weighted by atomic mass is 10.4. The molecule has 0 amide bonds.